The van der Waals surface area contributed by atoms with Gasteiger partial charge in [-0.15, -0.1) is 11.3 Å². The van der Waals surface area contributed by atoms with E-state index < -0.39 is 0 Å². The van der Waals surface area contributed by atoms with Crippen molar-refractivity contribution in [2.24, 2.45) is 17.1 Å². The predicted octanol–water partition coefficient (Wildman–Crippen LogP) is 2.45. The van der Waals surface area contributed by atoms with Crippen LogP contribution < -0.4 is 5.73 Å². The van der Waals surface area contributed by atoms with Gasteiger partial charge >= 0.3 is 0 Å². The van der Waals surface area contributed by atoms with Gasteiger partial charge in [0.1, 0.15) is 0 Å². The highest BCUT2D eigenvalue weighted by molar-refractivity contribution is 7.09. The Balaban J connectivity index is 2.13. The summed E-state index contributed by atoms with van der Waals surface area (Å²) < 4.78 is 0. The van der Waals surface area contributed by atoms with Gasteiger partial charge in [0.15, 0.2) is 0 Å². The molecule has 2 N–H and O–H groups in total. The molecule has 0 amide bonds. The average Bonchev–Trinajstić information content (AvgIpc) is 2.79. The first-order valence-corrected chi connectivity index (χ1v) is 6.22. The summed E-state index contributed by atoms with van der Waals surface area (Å²) in [6.45, 7) is 3.17. The van der Waals surface area contributed by atoms with Crippen LogP contribution >= 0.6 is 11.3 Å². The molecule has 0 aromatic carbocycles. The number of nitrogens with zero attached hydrogens (tertiary/aromatic N) is 1. The van der Waals surface area contributed by atoms with Gasteiger partial charge < -0.3 is 5.73 Å². The molecule has 1 aliphatic rings. The minimum atomic E-state index is 0.368. The van der Waals surface area contributed by atoms with E-state index in [0.29, 0.717) is 5.41 Å². The summed E-state index contributed by atoms with van der Waals surface area (Å²) in [5.74, 6) is 0.773. The molecule has 0 bridgehead atoms. The first-order valence-electron chi connectivity index (χ1n) is 5.34. The lowest BCUT2D eigenvalue weighted by molar-refractivity contribution is 0.225. The highest BCUT2D eigenvalue weighted by Crippen LogP contribution is 2.45. The van der Waals surface area contributed by atoms with E-state index in [-0.39, 0.29) is 0 Å². The van der Waals surface area contributed by atoms with Gasteiger partial charge in [0.25, 0.3) is 0 Å². The Kier molecular flexibility index (Phi) is 2.88. The van der Waals surface area contributed by atoms with Crippen molar-refractivity contribution in [1.29, 1.82) is 0 Å². The second-order valence-corrected chi connectivity index (χ2v) is 5.48. The van der Waals surface area contributed by atoms with Gasteiger partial charge in [0, 0.05) is 11.1 Å². The zero-order valence-corrected chi connectivity index (χ0v) is 9.52. The summed E-state index contributed by atoms with van der Waals surface area (Å²) in [4.78, 5) is 5.53. The summed E-state index contributed by atoms with van der Waals surface area (Å²) in [5.41, 5.74) is 8.24. The van der Waals surface area contributed by atoms with E-state index in [9.17, 15) is 0 Å². The molecule has 1 aromatic rings. The highest BCUT2D eigenvalue weighted by Gasteiger charge is 2.39. The number of hydrogen-bond acceptors (Lipinski definition) is 3. The van der Waals surface area contributed by atoms with Crippen LogP contribution in [-0.2, 0) is 6.42 Å². The molecule has 3 heteroatoms. The molecule has 14 heavy (non-hydrogen) atoms. The van der Waals surface area contributed by atoms with Gasteiger partial charge in [-0.25, -0.2) is 0 Å². The number of hydrogen-bond donors (Lipinski definition) is 1. The van der Waals surface area contributed by atoms with Crippen LogP contribution in [0.1, 0.15) is 31.1 Å². The maximum atomic E-state index is 5.96. The van der Waals surface area contributed by atoms with Crippen LogP contribution in [0.25, 0.3) is 0 Å². The Bertz CT molecular complexity index is 283. The fourth-order valence-corrected chi connectivity index (χ4v) is 3.38. The van der Waals surface area contributed by atoms with E-state index in [1.165, 1.54) is 24.1 Å². The number of rotatable bonds is 3. The van der Waals surface area contributed by atoms with Gasteiger partial charge in [0.2, 0.25) is 0 Å². The van der Waals surface area contributed by atoms with Crippen molar-refractivity contribution in [3.63, 3.8) is 0 Å². The quantitative estimate of drug-likeness (QED) is 0.832. The summed E-state index contributed by atoms with van der Waals surface area (Å²) in [6, 6.07) is 0. The van der Waals surface area contributed by atoms with Crippen molar-refractivity contribution < 1.29 is 0 Å². The average molecular weight is 210 g/mol. The molecule has 0 radical (unpaired) electrons. The van der Waals surface area contributed by atoms with Crippen LogP contribution in [0.2, 0.25) is 0 Å². The molecule has 2 unspecified atom stereocenters. The largest absolute Gasteiger partial charge is 0.330 e. The standard InChI is InChI=1S/C11H18N2S/c1-9-3-2-4-11(9,7-12)5-10-6-13-8-14-10/h6,8-9H,2-5,7,12H2,1H3. The zero-order chi connectivity index (χ0) is 10.0. The third-order valence-electron chi connectivity index (χ3n) is 3.77. The van der Waals surface area contributed by atoms with Crippen LogP contribution in [0.15, 0.2) is 11.7 Å². The van der Waals surface area contributed by atoms with E-state index in [2.05, 4.69) is 11.9 Å². The summed E-state index contributed by atoms with van der Waals surface area (Å²) >= 11 is 1.76. The maximum Gasteiger partial charge on any atom is 0.0794 e. The van der Waals surface area contributed by atoms with E-state index in [1.54, 1.807) is 11.3 Å². The third-order valence-corrected chi connectivity index (χ3v) is 4.55. The fourth-order valence-electron chi connectivity index (χ4n) is 2.63. The first-order chi connectivity index (χ1) is 6.77. The third kappa shape index (κ3) is 1.71. The van der Waals surface area contributed by atoms with Crippen LogP contribution in [0.5, 0.6) is 0 Å². The Labute approximate surface area is 89.5 Å². The molecule has 2 nitrogen and oxygen atoms in total. The molecule has 0 aliphatic heterocycles. The molecule has 1 saturated carbocycles. The molecular weight excluding hydrogens is 192 g/mol. The minimum absolute atomic E-state index is 0.368. The van der Waals surface area contributed by atoms with Crippen molar-refractivity contribution in [2.75, 3.05) is 6.54 Å². The first kappa shape index (κ1) is 10.1. The van der Waals surface area contributed by atoms with Gasteiger partial charge in [0.05, 0.1) is 5.51 Å². The van der Waals surface area contributed by atoms with Crippen LogP contribution in [0, 0.1) is 11.3 Å². The summed E-state index contributed by atoms with van der Waals surface area (Å²) in [6.07, 6.45) is 7.11. The Morgan fingerprint density at radius 3 is 3.07 bits per heavy atom. The Morgan fingerprint density at radius 2 is 2.57 bits per heavy atom. The van der Waals surface area contributed by atoms with Crippen molar-refractivity contribution in [2.45, 2.75) is 32.6 Å². The smallest absolute Gasteiger partial charge is 0.0794 e. The van der Waals surface area contributed by atoms with Crippen molar-refractivity contribution in [3.05, 3.63) is 16.6 Å². The van der Waals surface area contributed by atoms with E-state index >= 15 is 0 Å². The molecule has 1 heterocycles. The molecule has 0 spiro atoms. The summed E-state index contributed by atoms with van der Waals surface area (Å²) in [7, 11) is 0. The minimum Gasteiger partial charge on any atom is -0.330 e. The molecule has 1 aliphatic carbocycles. The molecule has 1 aromatic heterocycles. The second kappa shape index (κ2) is 3.99. The van der Waals surface area contributed by atoms with Crippen LogP contribution in [0.3, 0.4) is 0 Å². The van der Waals surface area contributed by atoms with Gasteiger partial charge in [-0.3, -0.25) is 4.98 Å². The fraction of sp³-hybridized carbons (Fsp3) is 0.727. The Morgan fingerprint density at radius 1 is 1.71 bits per heavy atom. The van der Waals surface area contributed by atoms with E-state index in [4.69, 9.17) is 5.73 Å². The molecule has 1 fully saturated rings. The van der Waals surface area contributed by atoms with Gasteiger partial charge in [-0.2, -0.15) is 0 Å². The van der Waals surface area contributed by atoms with Crippen LogP contribution in [-0.4, -0.2) is 11.5 Å². The molecular formula is C11H18N2S. The SMILES string of the molecule is CC1CCCC1(CN)Cc1cncs1. The second-order valence-electron chi connectivity index (χ2n) is 4.50. The number of thiazole rings is 1. The van der Waals surface area contributed by atoms with E-state index in [1.807, 2.05) is 11.7 Å². The number of nitrogens with two attached hydrogens (primary N) is 1. The molecule has 2 rings (SSSR count). The van der Waals surface area contributed by atoms with Crippen molar-refractivity contribution in [1.82, 2.24) is 4.98 Å². The normalized spacial score (nSPS) is 32.3. The lowest BCUT2D eigenvalue weighted by Crippen LogP contribution is -2.34. The Hall–Kier alpha value is -0.410. The van der Waals surface area contributed by atoms with Crippen molar-refractivity contribution in [3.8, 4) is 0 Å². The summed E-state index contributed by atoms with van der Waals surface area (Å²) in [5, 5.41) is 0. The monoisotopic (exact) mass is 210 g/mol. The van der Waals surface area contributed by atoms with E-state index in [0.717, 1.165) is 18.9 Å². The zero-order valence-electron chi connectivity index (χ0n) is 8.70. The van der Waals surface area contributed by atoms with Crippen LogP contribution in [0.4, 0.5) is 0 Å². The number of aromatic nitrogens is 1. The maximum absolute atomic E-state index is 5.96. The topological polar surface area (TPSA) is 38.9 Å². The predicted molar refractivity (Wildman–Crippen MR) is 60.3 cm³/mol. The molecule has 0 saturated heterocycles. The lowest BCUT2D eigenvalue weighted by Gasteiger charge is -2.31. The molecule has 2 atom stereocenters. The lowest BCUT2D eigenvalue weighted by atomic mass is 9.76. The van der Waals surface area contributed by atoms with Gasteiger partial charge in [-0.1, -0.05) is 19.8 Å². The highest BCUT2D eigenvalue weighted by atomic mass is 32.1. The van der Waals surface area contributed by atoms with Crippen molar-refractivity contribution >= 4 is 11.3 Å². The molecule has 78 valence electrons. The van der Waals surface area contributed by atoms with Gasteiger partial charge in [-0.05, 0) is 30.7 Å².